The molecule has 18 heavy (non-hydrogen) atoms. The molecule has 0 bridgehead atoms. The molecule has 0 radical (unpaired) electrons. The van der Waals surface area contributed by atoms with E-state index in [1.165, 1.54) is 6.07 Å². The topological polar surface area (TPSA) is 64.2 Å². The van der Waals surface area contributed by atoms with Crippen LogP contribution in [0, 0.1) is 0 Å². The molecule has 1 aromatic heterocycles. The Bertz CT molecular complexity index is 605. The number of hydrogen-bond donors (Lipinski definition) is 1. The van der Waals surface area contributed by atoms with Gasteiger partial charge in [0, 0.05) is 11.6 Å². The van der Waals surface area contributed by atoms with Crippen LogP contribution in [0.1, 0.15) is 0 Å². The largest absolute Gasteiger partial charge is 0.496 e. The highest BCUT2D eigenvalue weighted by molar-refractivity contribution is 9.10. The van der Waals surface area contributed by atoms with Gasteiger partial charge in [-0.2, -0.15) is 5.10 Å². The van der Waals surface area contributed by atoms with E-state index >= 15 is 0 Å². The maximum absolute atomic E-state index is 11.0. The van der Waals surface area contributed by atoms with E-state index in [0.29, 0.717) is 17.2 Å². The Labute approximate surface area is 112 Å². The molecule has 94 valence electrons. The molecule has 0 fully saturated rings. The summed E-state index contributed by atoms with van der Waals surface area (Å²) >= 11 is 3.38. The van der Waals surface area contributed by atoms with Gasteiger partial charge in [-0.25, -0.2) is 5.10 Å². The van der Waals surface area contributed by atoms with Gasteiger partial charge in [-0.3, -0.25) is 4.79 Å². The van der Waals surface area contributed by atoms with Crippen molar-refractivity contribution in [3.63, 3.8) is 0 Å². The Hall–Kier alpha value is -1.82. The van der Waals surface area contributed by atoms with Crippen LogP contribution in [0.3, 0.4) is 0 Å². The lowest BCUT2D eigenvalue weighted by Crippen LogP contribution is -2.06. The molecule has 1 heterocycles. The predicted molar refractivity (Wildman–Crippen MR) is 71.1 cm³/mol. The van der Waals surface area contributed by atoms with Gasteiger partial charge >= 0.3 is 0 Å². The first-order chi connectivity index (χ1) is 8.65. The Morgan fingerprint density at radius 1 is 1.17 bits per heavy atom. The van der Waals surface area contributed by atoms with Crippen molar-refractivity contribution in [2.45, 2.75) is 0 Å². The summed E-state index contributed by atoms with van der Waals surface area (Å²) in [6.07, 6.45) is 0. The number of methoxy groups -OCH3 is 2. The smallest absolute Gasteiger partial charge is 0.264 e. The van der Waals surface area contributed by atoms with Gasteiger partial charge in [-0.1, -0.05) is 0 Å². The fourth-order valence-corrected chi connectivity index (χ4v) is 2.04. The molecular formula is C12H11BrN2O3. The normalized spacial score (nSPS) is 10.2. The number of ether oxygens (including phenoxy) is 2. The van der Waals surface area contributed by atoms with Gasteiger partial charge < -0.3 is 9.47 Å². The molecule has 0 aliphatic rings. The Morgan fingerprint density at radius 2 is 1.89 bits per heavy atom. The highest BCUT2D eigenvalue weighted by Gasteiger charge is 2.12. The number of benzene rings is 1. The lowest BCUT2D eigenvalue weighted by atomic mass is 10.1. The first-order valence-electron chi connectivity index (χ1n) is 5.13. The monoisotopic (exact) mass is 310 g/mol. The van der Waals surface area contributed by atoms with Crippen LogP contribution < -0.4 is 15.0 Å². The van der Waals surface area contributed by atoms with Gasteiger partial charge in [0.1, 0.15) is 11.5 Å². The maximum Gasteiger partial charge on any atom is 0.264 e. The molecule has 5 nitrogen and oxygen atoms in total. The number of hydrogen-bond acceptors (Lipinski definition) is 4. The SMILES string of the molecule is COc1cc(-c2ccc(=O)[nH]n2)c(OC)cc1Br. The Balaban J connectivity index is 2.61. The molecule has 2 aromatic rings. The zero-order valence-corrected chi connectivity index (χ0v) is 11.4. The van der Waals surface area contributed by atoms with Gasteiger partial charge in [-0.15, -0.1) is 0 Å². The van der Waals surface area contributed by atoms with Crippen molar-refractivity contribution < 1.29 is 9.47 Å². The quantitative estimate of drug-likeness (QED) is 0.944. The number of halogens is 1. The first kappa shape index (κ1) is 12.6. The summed E-state index contributed by atoms with van der Waals surface area (Å²) in [5.41, 5.74) is 1.10. The molecule has 2 rings (SSSR count). The minimum Gasteiger partial charge on any atom is -0.496 e. The third kappa shape index (κ3) is 2.38. The van der Waals surface area contributed by atoms with Crippen molar-refractivity contribution in [3.8, 4) is 22.8 Å². The second-order valence-electron chi connectivity index (χ2n) is 3.49. The number of aromatic nitrogens is 2. The minimum absolute atomic E-state index is 0.248. The van der Waals surface area contributed by atoms with Gasteiger partial charge in [0.25, 0.3) is 5.56 Å². The average molecular weight is 311 g/mol. The lowest BCUT2D eigenvalue weighted by molar-refractivity contribution is 0.402. The van der Waals surface area contributed by atoms with E-state index in [0.717, 1.165) is 10.0 Å². The van der Waals surface area contributed by atoms with Crippen LogP contribution in [0.4, 0.5) is 0 Å². The molecule has 0 amide bonds. The molecule has 1 N–H and O–H groups in total. The summed E-state index contributed by atoms with van der Waals surface area (Å²) < 4.78 is 11.3. The fraction of sp³-hybridized carbons (Fsp3) is 0.167. The molecule has 0 spiro atoms. The number of rotatable bonds is 3. The summed E-state index contributed by atoms with van der Waals surface area (Å²) in [6.45, 7) is 0. The van der Waals surface area contributed by atoms with Crippen LogP contribution >= 0.6 is 15.9 Å². The van der Waals surface area contributed by atoms with Crippen molar-refractivity contribution in [1.29, 1.82) is 0 Å². The van der Waals surface area contributed by atoms with Crippen molar-refractivity contribution >= 4 is 15.9 Å². The number of nitrogens with zero attached hydrogens (tertiary/aromatic N) is 1. The number of nitrogens with one attached hydrogen (secondary N) is 1. The molecule has 0 saturated carbocycles. The van der Waals surface area contributed by atoms with Gasteiger partial charge in [0.15, 0.2) is 0 Å². The van der Waals surface area contributed by atoms with Gasteiger partial charge in [-0.05, 0) is 34.1 Å². The fourth-order valence-electron chi connectivity index (χ4n) is 1.56. The van der Waals surface area contributed by atoms with E-state index in [4.69, 9.17) is 9.47 Å². The van der Waals surface area contributed by atoms with Crippen LogP contribution in [0.25, 0.3) is 11.3 Å². The molecule has 6 heteroatoms. The van der Waals surface area contributed by atoms with E-state index < -0.39 is 0 Å². The zero-order chi connectivity index (χ0) is 13.1. The molecule has 0 aliphatic heterocycles. The van der Waals surface area contributed by atoms with Crippen molar-refractivity contribution in [2.24, 2.45) is 0 Å². The highest BCUT2D eigenvalue weighted by atomic mass is 79.9. The molecule has 0 aliphatic carbocycles. The summed E-state index contributed by atoms with van der Waals surface area (Å²) in [5, 5.41) is 6.36. The third-order valence-corrected chi connectivity index (χ3v) is 3.05. The van der Waals surface area contributed by atoms with Crippen LogP contribution in [-0.2, 0) is 0 Å². The maximum atomic E-state index is 11.0. The van der Waals surface area contributed by atoms with Gasteiger partial charge in [0.2, 0.25) is 0 Å². The minimum atomic E-state index is -0.248. The lowest BCUT2D eigenvalue weighted by Gasteiger charge is -2.11. The number of aromatic amines is 1. The van der Waals surface area contributed by atoms with Crippen LogP contribution in [0.15, 0.2) is 33.5 Å². The van der Waals surface area contributed by atoms with E-state index in [2.05, 4.69) is 26.1 Å². The van der Waals surface area contributed by atoms with Crippen molar-refractivity contribution in [3.05, 3.63) is 39.1 Å². The van der Waals surface area contributed by atoms with E-state index in [-0.39, 0.29) is 5.56 Å². The van der Waals surface area contributed by atoms with Crippen molar-refractivity contribution in [1.82, 2.24) is 10.2 Å². The summed E-state index contributed by atoms with van der Waals surface area (Å²) in [5.74, 6) is 1.31. The van der Waals surface area contributed by atoms with Gasteiger partial charge in [0.05, 0.1) is 24.4 Å². The Kier molecular flexibility index (Phi) is 3.66. The molecular weight excluding hydrogens is 300 g/mol. The summed E-state index contributed by atoms with van der Waals surface area (Å²) in [4.78, 5) is 11.0. The number of H-pyrrole nitrogens is 1. The second kappa shape index (κ2) is 5.22. The van der Waals surface area contributed by atoms with Crippen LogP contribution in [-0.4, -0.2) is 24.4 Å². The van der Waals surface area contributed by atoms with Crippen molar-refractivity contribution in [2.75, 3.05) is 14.2 Å². The van der Waals surface area contributed by atoms with Crippen LogP contribution in [0.5, 0.6) is 11.5 Å². The Morgan fingerprint density at radius 3 is 2.44 bits per heavy atom. The van der Waals surface area contributed by atoms with E-state index in [9.17, 15) is 4.79 Å². The summed E-state index contributed by atoms with van der Waals surface area (Å²) in [7, 11) is 3.15. The molecule has 0 unspecified atom stereocenters. The molecule has 0 saturated heterocycles. The first-order valence-corrected chi connectivity index (χ1v) is 5.92. The third-order valence-electron chi connectivity index (χ3n) is 2.43. The van der Waals surface area contributed by atoms with Crippen LogP contribution in [0.2, 0.25) is 0 Å². The highest BCUT2D eigenvalue weighted by Crippen LogP contribution is 2.37. The zero-order valence-electron chi connectivity index (χ0n) is 9.86. The summed E-state index contributed by atoms with van der Waals surface area (Å²) in [6, 6.07) is 6.63. The standard InChI is InChI=1S/C12H11BrN2O3/c1-17-10-6-8(13)11(18-2)5-7(10)9-3-4-12(16)15-14-9/h3-6H,1-2H3,(H,15,16). The predicted octanol–water partition coefficient (Wildman–Crippen LogP) is 2.22. The average Bonchev–Trinajstić information content (AvgIpc) is 2.39. The second-order valence-corrected chi connectivity index (χ2v) is 4.35. The molecule has 1 aromatic carbocycles. The van der Waals surface area contributed by atoms with E-state index in [1.54, 1.807) is 32.4 Å². The molecule has 0 atom stereocenters. The van der Waals surface area contributed by atoms with E-state index in [1.807, 2.05) is 0 Å².